The Hall–Kier alpha value is -2.53. The number of hydrogen-bond acceptors (Lipinski definition) is 4. The molecule has 134 valence electrons. The zero-order valence-corrected chi connectivity index (χ0v) is 15.1. The van der Waals surface area contributed by atoms with Crippen LogP contribution in [0.3, 0.4) is 0 Å². The van der Waals surface area contributed by atoms with Gasteiger partial charge in [-0.3, -0.25) is 4.79 Å². The molecule has 0 bridgehead atoms. The molecule has 1 aromatic heterocycles. The summed E-state index contributed by atoms with van der Waals surface area (Å²) in [5, 5.41) is 13.2. The van der Waals surface area contributed by atoms with Crippen molar-refractivity contribution in [3.63, 3.8) is 0 Å². The first-order valence-electron chi connectivity index (χ1n) is 8.18. The van der Waals surface area contributed by atoms with E-state index >= 15 is 0 Å². The highest BCUT2D eigenvalue weighted by Gasteiger charge is 2.27. The first-order valence-corrected chi connectivity index (χ1v) is 8.18. The summed E-state index contributed by atoms with van der Waals surface area (Å²) >= 11 is 0. The third kappa shape index (κ3) is 5.22. The zero-order chi connectivity index (χ0) is 18.4. The van der Waals surface area contributed by atoms with Crippen LogP contribution in [0.25, 0.3) is 0 Å². The van der Waals surface area contributed by atoms with Crippen molar-refractivity contribution in [2.45, 2.75) is 32.8 Å². The molecule has 25 heavy (non-hydrogen) atoms. The smallest absolute Gasteiger partial charge is 0.244 e. The molecular weight excluding hydrogens is 318 g/mol. The summed E-state index contributed by atoms with van der Waals surface area (Å²) in [7, 11) is 1.63. The number of rotatable bonds is 7. The number of furan rings is 1. The molecule has 2 rings (SSSR count). The zero-order valence-electron chi connectivity index (χ0n) is 15.1. The second-order valence-corrected chi connectivity index (χ2v) is 6.38. The van der Waals surface area contributed by atoms with E-state index in [-0.39, 0.29) is 12.5 Å². The van der Waals surface area contributed by atoms with Crippen LogP contribution in [0.15, 0.2) is 52.5 Å². The Balaban J connectivity index is 1.95. The van der Waals surface area contributed by atoms with Gasteiger partial charge in [0.05, 0.1) is 13.7 Å². The lowest BCUT2D eigenvalue weighted by Gasteiger charge is -2.20. The van der Waals surface area contributed by atoms with Gasteiger partial charge in [-0.1, -0.05) is 23.8 Å². The van der Waals surface area contributed by atoms with Crippen molar-refractivity contribution in [1.29, 1.82) is 0 Å². The van der Waals surface area contributed by atoms with Gasteiger partial charge in [0.25, 0.3) is 0 Å². The summed E-state index contributed by atoms with van der Waals surface area (Å²) in [6.07, 6.45) is 2.15. The average Bonchev–Trinajstić information content (AvgIpc) is 3.01. The van der Waals surface area contributed by atoms with E-state index < -0.39 is 5.60 Å². The van der Waals surface area contributed by atoms with Crippen molar-refractivity contribution < 1.29 is 19.1 Å². The maximum Gasteiger partial charge on any atom is 0.244 e. The van der Waals surface area contributed by atoms with Crippen molar-refractivity contribution in [2.24, 2.45) is 0 Å². The summed E-state index contributed by atoms with van der Waals surface area (Å²) in [6, 6.07) is 11.2. The van der Waals surface area contributed by atoms with Crippen LogP contribution in [-0.4, -0.2) is 24.7 Å². The lowest BCUT2D eigenvalue weighted by atomic mass is 10.0. The molecule has 1 heterocycles. The number of amides is 1. The minimum absolute atomic E-state index is 0.0667. The lowest BCUT2D eigenvalue weighted by Crippen LogP contribution is -2.37. The number of carbonyl (C=O) groups excluding carboxylic acids is 1. The van der Waals surface area contributed by atoms with Gasteiger partial charge in [-0.25, -0.2) is 0 Å². The van der Waals surface area contributed by atoms with E-state index in [1.54, 1.807) is 26.2 Å². The molecule has 0 aliphatic rings. The number of aliphatic hydroxyl groups is 1. The molecule has 2 aromatic rings. The standard InChI is InChI=1S/C20H25NO4/c1-14(11-16-7-5-6-8-17(16)24-4)12-19(22)21-13-20(3,23)18-10-9-15(2)25-18/h5-10,12,23H,11,13H2,1-4H3,(H,21,22). The molecule has 1 aromatic carbocycles. The van der Waals surface area contributed by atoms with E-state index in [1.807, 2.05) is 38.1 Å². The molecule has 0 fully saturated rings. The maximum absolute atomic E-state index is 12.1. The number of ether oxygens (including phenoxy) is 1. The van der Waals surface area contributed by atoms with Crippen LogP contribution in [-0.2, 0) is 16.8 Å². The number of nitrogens with one attached hydrogen (secondary N) is 1. The largest absolute Gasteiger partial charge is 0.496 e. The molecule has 0 aliphatic carbocycles. The number of benzene rings is 1. The third-order valence-corrected chi connectivity index (χ3v) is 3.92. The van der Waals surface area contributed by atoms with Gasteiger partial charge in [0.1, 0.15) is 22.9 Å². The van der Waals surface area contributed by atoms with Gasteiger partial charge >= 0.3 is 0 Å². The van der Waals surface area contributed by atoms with Gasteiger partial charge < -0.3 is 19.6 Å². The number of carbonyl (C=O) groups is 1. The van der Waals surface area contributed by atoms with Crippen LogP contribution >= 0.6 is 0 Å². The molecule has 0 spiro atoms. The Morgan fingerprint density at radius 3 is 2.68 bits per heavy atom. The molecule has 0 saturated carbocycles. The number of allylic oxidation sites excluding steroid dienone is 1. The predicted octanol–water partition coefficient (Wildman–Crippen LogP) is 3.11. The summed E-state index contributed by atoms with van der Waals surface area (Å²) < 4.78 is 10.8. The molecule has 1 amide bonds. The second-order valence-electron chi connectivity index (χ2n) is 6.38. The van der Waals surface area contributed by atoms with Gasteiger partial charge in [-0.15, -0.1) is 0 Å². The van der Waals surface area contributed by atoms with Crippen LogP contribution in [0.5, 0.6) is 5.75 Å². The third-order valence-electron chi connectivity index (χ3n) is 3.92. The first-order chi connectivity index (χ1) is 11.8. The monoisotopic (exact) mass is 343 g/mol. The second kappa shape index (κ2) is 8.03. The Morgan fingerprint density at radius 1 is 1.32 bits per heavy atom. The van der Waals surface area contributed by atoms with Crippen molar-refractivity contribution >= 4 is 5.91 Å². The quantitative estimate of drug-likeness (QED) is 0.758. The molecule has 2 N–H and O–H groups in total. The van der Waals surface area contributed by atoms with Crippen LogP contribution in [0.4, 0.5) is 0 Å². The number of methoxy groups -OCH3 is 1. The van der Waals surface area contributed by atoms with Gasteiger partial charge in [-0.05, 0) is 51.0 Å². The number of hydrogen-bond donors (Lipinski definition) is 2. The summed E-state index contributed by atoms with van der Waals surface area (Å²) in [6.45, 7) is 5.37. The maximum atomic E-state index is 12.1. The van der Waals surface area contributed by atoms with Gasteiger partial charge in [0, 0.05) is 6.08 Å². The highest BCUT2D eigenvalue weighted by molar-refractivity contribution is 5.88. The fraction of sp³-hybridized carbons (Fsp3) is 0.350. The average molecular weight is 343 g/mol. The van der Waals surface area contributed by atoms with E-state index in [0.29, 0.717) is 17.9 Å². The van der Waals surface area contributed by atoms with Crippen LogP contribution in [0.2, 0.25) is 0 Å². The number of aryl methyl sites for hydroxylation is 1. The topological polar surface area (TPSA) is 71.7 Å². The van der Waals surface area contributed by atoms with Gasteiger partial charge in [0.15, 0.2) is 0 Å². The van der Waals surface area contributed by atoms with E-state index in [1.165, 1.54) is 6.08 Å². The summed E-state index contributed by atoms with van der Waals surface area (Å²) in [5.41, 5.74) is 0.661. The Morgan fingerprint density at radius 2 is 2.04 bits per heavy atom. The SMILES string of the molecule is COc1ccccc1CC(C)=CC(=O)NCC(C)(O)c1ccc(C)o1. The van der Waals surface area contributed by atoms with E-state index in [4.69, 9.17) is 9.15 Å². The molecule has 1 atom stereocenters. The fourth-order valence-corrected chi connectivity index (χ4v) is 2.55. The van der Waals surface area contributed by atoms with Crippen LogP contribution in [0.1, 0.15) is 30.9 Å². The normalized spacial score (nSPS) is 14.0. The minimum Gasteiger partial charge on any atom is -0.496 e. The fourth-order valence-electron chi connectivity index (χ4n) is 2.55. The van der Waals surface area contributed by atoms with Crippen molar-refractivity contribution in [3.8, 4) is 5.75 Å². The summed E-state index contributed by atoms with van der Waals surface area (Å²) in [5.74, 6) is 1.69. The molecule has 1 unspecified atom stereocenters. The molecule has 0 radical (unpaired) electrons. The van der Waals surface area contributed by atoms with Gasteiger partial charge in [0.2, 0.25) is 5.91 Å². The molecular formula is C20H25NO4. The van der Waals surface area contributed by atoms with E-state index in [9.17, 15) is 9.90 Å². The Kier molecular flexibility index (Phi) is 6.04. The Bertz CT molecular complexity index is 759. The highest BCUT2D eigenvalue weighted by atomic mass is 16.5. The van der Waals surface area contributed by atoms with Gasteiger partial charge in [-0.2, -0.15) is 0 Å². The Labute approximate surface area is 148 Å². The van der Waals surface area contributed by atoms with Crippen molar-refractivity contribution in [2.75, 3.05) is 13.7 Å². The van der Waals surface area contributed by atoms with Crippen LogP contribution < -0.4 is 10.1 Å². The molecule has 0 aliphatic heterocycles. The predicted molar refractivity (Wildman–Crippen MR) is 96.5 cm³/mol. The first kappa shape index (κ1) is 18.8. The van der Waals surface area contributed by atoms with Crippen molar-refractivity contribution in [1.82, 2.24) is 5.32 Å². The molecule has 5 heteroatoms. The molecule has 5 nitrogen and oxygen atoms in total. The minimum atomic E-state index is -1.26. The molecule has 0 saturated heterocycles. The van der Waals surface area contributed by atoms with E-state index in [2.05, 4.69) is 5.32 Å². The highest BCUT2D eigenvalue weighted by Crippen LogP contribution is 2.22. The lowest BCUT2D eigenvalue weighted by molar-refractivity contribution is -0.117. The van der Waals surface area contributed by atoms with Crippen molar-refractivity contribution in [3.05, 3.63) is 65.1 Å². The number of para-hydroxylation sites is 1. The van der Waals surface area contributed by atoms with E-state index in [0.717, 1.165) is 16.9 Å². The summed E-state index contributed by atoms with van der Waals surface area (Å²) in [4.78, 5) is 12.1. The van der Waals surface area contributed by atoms with Crippen LogP contribution in [0, 0.1) is 6.92 Å².